The van der Waals surface area contributed by atoms with Gasteiger partial charge in [0, 0.05) is 0 Å². The number of carboxylic acid groups (broad SMARTS) is 1. The molecule has 0 heterocycles. The molecule has 9 heavy (non-hydrogen) atoms. The van der Waals surface area contributed by atoms with Crippen molar-refractivity contribution in [2.45, 2.75) is 0 Å². The van der Waals surface area contributed by atoms with Crippen LogP contribution in [0.15, 0.2) is 4.99 Å². The molecule has 0 unspecified atom stereocenters. The Morgan fingerprint density at radius 3 is 2.33 bits per heavy atom. The summed E-state index contributed by atoms with van der Waals surface area (Å²) in [5.41, 5.74) is 0. The predicted molar refractivity (Wildman–Crippen MR) is 34.9 cm³/mol. The minimum absolute atomic E-state index is 0.498. The third-order valence-corrected chi connectivity index (χ3v) is 2.07. The van der Waals surface area contributed by atoms with E-state index in [0.29, 0.717) is 3.88 Å². The van der Waals surface area contributed by atoms with E-state index in [1.165, 1.54) is 7.05 Å². The van der Waals surface area contributed by atoms with E-state index in [9.17, 15) is 4.79 Å². The number of hydrogen-bond donors (Lipinski definition) is 1. The fourth-order valence-electron chi connectivity index (χ4n) is 0.232. The maximum absolute atomic E-state index is 10.1. The first kappa shape index (κ1) is 8.73. The van der Waals surface area contributed by atoms with Gasteiger partial charge in [0.1, 0.15) is 0 Å². The van der Waals surface area contributed by atoms with Gasteiger partial charge >= 0.3 is 66.2 Å². The summed E-state index contributed by atoms with van der Waals surface area (Å²) < 4.78 is 0.498. The zero-order valence-corrected chi connectivity index (χ0v) is 7.49. The average Bonchev–Trinajstić information content (AvgIpc) is 1.84. The first-order valence-electron chi connectivity index (χ1n) is 2.20. The van der Waals surface area contributed by atoms with Gasteiger partial charge in [-0.3, -0.25) is 0 Å². The molecular formula is C4H7N2O2Te. The van der Waals surface area contributed by atoms with Crippen LogP contribution in [-0.4, -0.2) is 56.4 Å². The van der Waals surface area contributed by atoms with E-state index in [0.717, 1.165) is 4.90 Å². The summed E-state index contributed by atoms with van der Waals surface area (Å²) in [7, 11) is 3.00. The number of amides is 1. The first-order chi connectivity index (χ1) is 4.09. The average molecular weight is 243 g/mol. The Bertz CT molecular complexity index is 146. The number of nitrogens with zero attached hydrogens (tertiary/aromatic N) is 2. The van der Waals surface area contributed by atoms with Crippen molar-refractivity contribution < 1.29 is 9.90 Å². The van der Waals surface area contributed by atoms with E-state index in [4.69, 9.17) is 5.11 Å². The van der Waals surface area contributed by atoms with Crippen molar-refractivity contribution in [1.29, 1.82) is 0 Å². The molecule has 0 saturated carbocycles. The second kappa shape index (κ2) is 3.70. The molecule has 0 spiro atoms. The summed E-state index contributed by atoms with van der Waals surface area (Å²) in [4.78, 5) is 14.9. The number of rotatable bonds is 0. The van der Waals surface area contributed by atoms with Crippen LogP contribution in [-0.2, 0) is 0 Å². The molecule has 0 saturated heterocycles. The van der Waals surface area contributed by atoms with E-state index in [1.54, 1.807) is 29.3 Å². The number of carbonyl (C=O) groups is 1. The zero-order chi connectivity index (χ0) is 7.44. The third kappa shape index (κ3) is 2.68. The molecule has 0 aliphatic carbocycles. The van der Waals surface area contributed by atoms with Crippen LogP contribution in [0.4, 0.5) is 4.79 Å². The van der Waals surface area contributed by atoms with Gasteiger partial charge in [0.05, 0.1) is 0 Å². The molecule has 0 fully saturated rings. The topological polar surface area (TPSA) is 52.9 Å². The van der Waals surface area contributed by atoms with Crippen LogP contribution in [0.3, 0.4) is 0 Å². The Morgan fingerprint density at radius 1 is 1.78 bits per heavy atom. The van der Waals surface area contributed by atoms with Gasteiger partial charge in [-0.15, -0.1) is 0 Å². The molecule has 0 aromatic carbocycles. The van der Waals surface area contributed by atoms with Crippen LogP contribution in [0, 0.1) is 0 Å². The van der Waals surface area contributed by atoms with Crippen molar-refractivity contribution in [3.8, 4) is 0 Å². The molecule has 0 aliphatic heterocycles. The van der Waals surface area contributed by atoms with Gasteiger partial charge in [-0.05, 0) is 0 Å². The Morgan fingerprint density at radius 2 is 2.22 bits per heavy atom. The monoisotopic (exact) mass is 245 g/mol. The van der Waals surface area contributed by atoms with Gasteiger partial charge in [-0.25, -0.2) is 0 Å². The Hall–Kier alpha value is -0.270. The van der Waals surface area contributed by atoms with Crippen LogP contribution >= 0.6 is 0 Å². The van der Waals surface area contributed by atoms with Gasteiger partial charge in [0.2, 0.25) is 0 Å². The van der Waals surface area contributed by atoms with Crippen molar-refractivity contribution in [2.75, 3.05) is 14.1 Å². The van der Waals surface area contributed by atoms with E-state index in [-0.39, 0.29) is 0 Å². The fourth-order valence-corrected chi connectivity index (χ4v) is 0.455. The molecule has 0 aromatic heterocycles. The van der Waals surface area contributed by atoms with Crippen LogP contribution < -0.4 is 0 Å². The van der Waals surface area contributed by atoms with Gasteiger partial charge in [0.25, 0.3) is 0 Å². The van der Waals surface area contributed by atoms with Crippen molar-refractivity contribution >= 4 is 32.3 Å². The number of amidine groups is 1. The summed E-state index contributed by atoms with van der Waals surface area (Å²) in [5, 5.41) is 8.33. The van der Waals surface area contributed by atoms with Crippen LogP contribution in [0.25, 0.3) is 0 Å². The summed E-state index contributed by atoms with van der Waals surface area (Å²) in [6.45, 7) is 0. The van der Waals surface area contributed by atoms with Gasteiger partial charge < -0.3 is 0 Å². The summed E-state index contributed by atoms with van der Waals surface area (Å²) in [6.07, 6.45) is -0.985. The molecule has 1 amide bonds. The second-order valence-electron chi connectivity index (χ2n) is 1.35. The molecule has 0 atom stereocenters. The molecule has 1 N–H and O–H groups in total. The predicted octanol–water partition coefficient (Wildman–Crippen LogP) is -0.249. The molecule has 0 rings (SSSR count). The quantitative estimate of drug-likeness (QED) is 0.362. The van der Waals surface area contributed by atoms with Crippen molar-refractivity contribution in [3.05, 3.63) is 0 Å². The molecule has 1 radical (unpaired) electrons. The first-order valence-corrected chi connectivity index (χ1v) is 3.36. The van der Waals surface area contributed by atoms with E-state index in [1.807, 2.05) is 0 Å². The van der Waals surface area contributed by atoms with Gasteiger partial charge in [-0.2, -0.15) is 0 Å². The van der Waals surface area contributed by atoms with Gasteiger partial charge in [0.15, 0.2) is 0 Å². The molecule has 5 heteroatoms. The molecule has 0 aromatic rings. The minimum atomic E-state index is -0.985. The molecular weight excluding hydrogens is 236 g/mol. The Kier molecular flexibility index (Phi) is 3.59. The second-order valence-corrected chi connectivity index (χ2v) is 2.39. The van der Waals surface area contributed by atoms with E-state index < -0.39 is 6.09 Å². The molecule has 0 bridgehead atoms. The van der Waals surface area contributed by atoms with Crippen LogP contribution in [0.5, 0.6) is 0 Å². The van der Waals surface area contributed by atoms with Crippen molar-refractivity contribution in [1.82, 2.24) is 4.90 Å². The van der Waals surface area contributed by atoms with Crippen molar-refractivity contribution in [2.24, 2.45) is 4.99 Å². The summed E-state index contributed by atoms with van der Waals surface area (Å²) in [6, 6.07) is 0. The SMILES string of the molecule is CN=C([Te])N(C)C(=O)O. The standard InChI is InChI=1S/C4H7N2O2Te/c1-5-3(9)6(2)4(7)8/h1-2H3,(H,7,8). The fraction of sp³-hybridized carbons (Fsp3) is 0.500. The number of aliphatic imine (C=N–C) groups is 1. The van der Waals surface area contributed by atoms with Crippen LogP contribution in [0.1, 0.15) is 0 Å². The van der Waals surface area contributed by atoms with E-state index in [2.05, 4.69) is 4.99 Å². The summed E-state index contributed by atoms with van der Waals surface area (Å²) in [5.74, 6) is 0. The molecule has 0 aliphatic rings. The molecule has 4 nitrogen and oxygen atoms in total. The Labute approximate surface area is 66.5 Å². The summed E-state index contributed by atoms with van der Waals surface area (Å²) >= 11 is 1.56. The zero-order valence-electron chi connectivity index (χ0n) is 5.16. The third-order valence-electron chi connectivity index (χ3n) is 0.765. The Balaban J connectivity index is 4.04. The molecule has 51 valence electrons. The van der Waals surface area contributed by atoms with Crippen molar-refractivity contribution in [3.63, 3.8) is 0 Å². The maximum atomic E-state index is 10.1. The van der Waals surface area contributed by atoms with E-state index >= 15 is 0 Å². The number of hydrogen-bond acceptors (Lipinski definition) is 2. The normalized spacial score (nSPS) is 11.1. The van der Waals surface area contributed by atoms with Gasteiger partial charge in [-0.1, -0.05) is 0 Å². The van der Waals surface area contributed by atoms with Crippen LogP contribution in [0.2, 0.25) is 0 Å².